The number of amides is 2. The molecule has 4 atom stereocenters. The van der Waals surface area contributed by atoms with Crippen molar-refractivity contribution >= 4 is 17.8 Å². The molecule has 2 aromatic rings. The van der Waals surface area contributed by atoms with Crippen molar-refractivity contribution in [2.45, 2.75) is 51.1 Å². The molecule has 0 saturated heterocycles. The van der Waals surface area contributed by atoms with Crippen LogP contribution in [0.3, 0.4) is 0 Å². The number of nitrogens with one attached hydrogen (secondary N) is 2. The van der Waals surface area contributed by atoms with Crippen LogP contribution in [0.4, 0.5) is 0 Å². The van der Waals surface area contributed by atoms with Crippen molar-refractivity contribution in [2.75, 3.05) is 13.2 Å². The number of carbonyl (C=O) groups is 3. The second kappa shape index (κ2) is 16.9. The number of carbonyl (C=O) groups excluding carboxylic acids is 3. The summed E-state index contributed by atoms with van der Waals surface area (Å²) in [5.74, 6) is -1.97. The Labute approximate surface area is 226 Å². The molecule has 0 saturated carbocycles. The number of allylic oxidation sites excluding steroid dienone is 2. The summed E-state index contributed by atoms with van der Waals surface area (Å²) in [4.78, 5) is 38.3. The normalized spacial score (nSPS) is 13.8. The smallest absolute Gasteiger partial charge is 0.309 e. The zero-order chi connectivity index (χ0) is 27.8. The van der Waals surface area contributed by atoms with E-state index in [1.165, 1.54) is 0 Å². The number of esters is 1. The maximum Gasteiger partial charge on any atom is 0.309 e. The fourth-order valence-corrected chi connectivity index (χ4v) is 4.14. The monoisotopic (exact) mass is 520 g/mol. The lowest BCUT2D eigenvalue weighted by atomic mass is 9.96. The van der Waals surface area contributed by atoms with Crippen molar-refractivity contribution in [1.82, 2.24) is 10.6 Å². The highest BCUT2D eigenvalue weighted by molar-refractivity contribution is 5.86. The van der Waals surface area contributed by atoms with Crippen LogP contribution in [0.5, 0.6) is 0 Å². The Hall–Kier alpha value is -3.71. The summed E-state index contributed by atoms with van der Waals surface area (Å²) in [5, 5.41) is 15.4. The number of hydrogen-bond donors (Lipinski definition) is 3. The molecule has 0 heterocycles. The number of benzene rings is 2. The standard InChI is InChI=1S/C31H40N2O5/c1-4-12-26(20-29(35)33-28(21-34)19-25-16-10-7-11-17-25)30(36)32-23(3)22-38-31(37)27(13-5-2)18-24-14-8-6-9-15-24/h4-11,14-17,23,26-28,34H,1-2,12-13,18-22H2,3H3,(H,32,36)(H,33,35)/t23-,26+,27+,28+/m0/s1. The minimum atomic E-state index is -0.631. The second-order valence-corrected chi connectivity index (χ2v) is 9.51. The summed E-state index contributed by atoms with van der Waals surface area (Å²) in [7, 11) is 0. The van der Waals surface area contributed by atoms with E-state index >= 15 is 0 Å². The van der Waals surface area contributed by atoms with Gasteiger partial charge in [-0.2, -0.15) is 0 Å². The molecule has 3 N–H and O–H groups in total. The van der Waals surface area contributed by atoms with Crippen molar-refractivity contribution in [3.05, 3.63) is 97.1 Å². The molecule has 2 aromatic carbocycles. The predicted octanol–water partition coefficient (Wildman–Crippen LogP) is 3.77. The van der Waals surface area contributed by atoms with Gasteiger partial charge in [-0.25, -0.2) is 0 Å². The van der Waals surface area contributed by atoms with E-state index in [0.29, 0.717) is 25.7 Å². The molecule has 0 aromatic heterocycles. The molecule has 0 unspecified atom stereocenters. The maximum atomic E-state index is 12.9. The van der Waals surface area contributed by atoms with Crippen LogP contribution in [0.1, 0.15) is 37.3 Å². The van der Waals surface area contributed by atoms with Crippen LogP contribution in [-0.4, -0.2) is 48.2 Å². The number of ether oxygens (including phenoxy) is 1. The van der Waals surface area contributed by atoms with Gasteiger partial charge in [0.25, 0.3) is 0 Å². The Kier molecular flexibility index (Phi) is 13.6. The minimum Gasteiger partial charge on any atom is -0.463 e. The Morgan fingerprint density at radius 3 is 1.97 bits per heavy atom. The van der Waals surface area contributed by atoms with Gasteiger partial charge in [0, 0.05) is 6.42 Å². The summed E-state index contributed by atoms with van der Waals surface area (Å²) in [6, 6.07) is 18.4. The van der Waals surface area contributed by atoms with Gasteiger partial charge in [0.05, 0.1) is 30.5 Å². The third-order valence-corrected chi connectivity index (χ3v) is 6.14. The largest absolute Gasteiger partial charge is 0.463 e. The van der Waals surface area contributed by atoms with Crippen molar-refractivity contribution in [1.29, 1.82) is 0 Å². The van der Waals surface area contributed by atoms with E-state index in [9.17, 15) is 19.5 Å². The van der Waals surface area contributed by atoms with Crippen molar-refractivity contribution in [3.8, 4) is 0 Å². The Balaban J connectivity index is 1.85. The third-order valence-electron chi connectivity index (χ3n) is 6.14. The summed E-state index contributed by atoms with van der Waals surface area (Å²) >= 11 is 0. The molecule has 0 aliphatic rings. The first-order chi connectivity index (χ1) is 18.4. The lowest BCUT2D eigenvalue weighted by Gasteiger charge is -2.22. The highest BCUT2D eigenvalue weighted by atomic mass is 16.5. The minimum absolute atomic E-state index is 0.0175. The third kappa shape index (κ3) is 11.1. The van der Waals surface area contributed by atoms with Crippen molar-refractivity contribution in [2.24, 2.45) is 11.8 Å². The van der Waals surface area contributed by atoms with Gasteiger partial charge in [0.1, 0.15) is 6.61 Å². The number of aliphatic hydroxyl groups excluding tert-OH is 1. The SMILES string of the molecule is C=CC[C@H](CC(=O)N[C@@H](CO)Cc1ccccc1)C(=O)N[C@@H](C)COC(=O)[C@H](CC=C)Cc1ccccc1. The van der Waals surface area contributed by atoms with Crippen LogP contribution in [-0.2, 0) is 32.0 Å². The first-order valence-electron chi connectivity index (χ1n) is 13.0. The molecular weight excluding hydrogens is 480 g/mol. The van der Waals surface area contributed by atoms with E-state index in [0.717, 1.165) is 11.1 Å². The Bertz CT molecular complexity index is 1030. The van der Waals surface area contributed by atoms with E-state index < -0.39 is 18.0 Å². The van der Waals surface area contributed by atoms with Gasteiger partial charge in [0.15, 0.2) is 0 Å². The molecule has 0 radical (unpaired) electrons. The van der Waals surface area contributed by atoms with Crippen LogP contribution in [0.2, 0.25) is 0 Å². The molecule has 7 nitrogen and oxygen atoms in total. The molecule has 2 amide bonds. The van der Waals surface area contributed by atoms with Gasteiger partial charge >= 0.3 is 5.97 Å². The first-order valence-corrected chi connectivity index (χ1v) is 13.0. The molecule has 0 fully saturated rings. The summed E-state index contributed by atoms with van der Waals surface area (Å²) in [6.07, 6.45) is 5.08. The molecule has 204 valence electrons. The van der Waals surface area contributed by atoms with Crippen LogP contribution >= 0.6 is 0 Å². The zero-order valence-corrected chi connectivity index (χ0v) is 22.2. The van der Waals surface area contributed by atoms with E-state index in [1.807, 2.05) is 60.7 Å². The zero-order valence-electron chi connectivity index (χ0n) is 22.2. The molecule has 2 rings (SSSR count). The summed E-state index contributed by atoms with van der Waals surface area (Å²) < 4.78 is 5.51. The fraction of sp³-hybridized carbons (Fsp3) is 0.387. The highest BCUT2D eigenvalue weighted by Crippen LogP contribution is 2.16. The van der Waals surface area contributed by atoms with Crippen molar-refractivity contribution < 1.29 is 24.2 Å². The second-order valence-electron chi connectivity index (χ2n) is 9.51. The summed E-state index contributed by atoms with van der Waals surface area (Å²) in [5.41, 5.74) is 2.03. The molecule has 0 bridgehead atoms. The van der Waals surface area contributed by atoms with E-state index in [2.05, 4.69) is 23.8 Å². The fourth-order valence-electron chi connectivity index (χ4n) is 4.14. The molecule has 0 spiro atoms. The van der Waals surface area contributed by atoms with Gasteiger partial charge in [0.2, 0.25) is 11.8 Å². The maximum absolute atomic E-state index is 12.9. The van der Waals surface area contributed by atoms with Crippen molar-refractivity contribution in [3.63, 3.8) is 0 Å². The van der Waals surface area contributed by atoms with Gasteiger partial charge < -0.3 is 20.5 Å². The highest BCUT2D eigenvalue weighted by Gasteiger charge is 2.25. The molecule has 38 heavy (non-hydrogen) atoms. The average molecular weight is 521 g/mol. The van der Waals surface area contributed by atoms with Gasteiger partial charge in [-0.1, -0.05) is 72.8 Å². The van der Waals surface area contributed by atoms with Gasteiger partial charge in [-0.15, -0.1) is 13.2 Å². The Morgan fingerprint density at radius 1 is 0.868 bits per heavy atom. The number of hydrogen-bond acceptors (Lipinski definition) is 5. The lowest BCUT2D eigenvalue weighted by molar-refractivity contribution is -0.149. The predicted molar refractivity (Wildman–Crippen MR) is 149 cm³/mol. The van der Waals surface area contributed by atoms with Crippen LogP contribution in [0, 0.1) is 11.8 Å². The molecular formula is C31H40N2O5. The van der Waals surface area contributed by atoms with Crippen LogP contribution in [0.25, 0.3) is 0 Å². The summed E-state index contributed by atoms with van der Waals surface area (Å²) in [6.45, 7) is 9.00. The van der Waals surface area contributed by atoms with Crippen LogP contribution < -0.4 is 10.6 Å². The number of aliphatic hydroxyl groups is 1. The van der Waals surface area contributed by atoms with Gasteiger partial charge in [-0.05, 0) is 43.7 Å². The quantitative estimate of drug-likeness (QED) is 0.218. The molecule has 0 aliphatic heterocycles. The van der Waals surface area contributed by atoms with E-state index in [1.54, 1.807) is 19.1 Å². The van der Waals surface area contributed by atoms with E-state index in [4.69, 9.17) is 4.74 Å². The molecule has 0 aliphatic carbocycles. The topological polar surface area (TPSA) is 105 Å². The average Bonchev–Trinajstić information content (AvgIpc) is 2.92. The first kappa shape index (κ1) is 30.5. The lowest BCUT2D eigenvalue weighted by Crippen LogP contribution is -2.44. The Morgan fingerprint density at radius 2 is 1.42 bits per heavy atom. The van der Waals surface area contributed by atoms with E-state index in [-0.39, 0.29) is 43.3 Å². The number of rotatable bonds is 17. The van der Waals surface area contributed by atoms with Gasteiger partial charge in [-0.3, -0.25) is 14.4 Å². The van der Waals surface area contributed by atoms with Crippen LogP contribution in [0.15, 0.2) is 86.0 Å². The molecule has 7 heteroatoms.